The summed E-state index contributed by atoms with van der Waals surface area (Å²) in [6.07, 6.45) is 6.59. The maximum absolute atomic E-state index is 11.8. The minimum Gasteiger partial charge on any atom is -0.355 e. The molecule has 1 amide bonds. The number of hydrogen-bond donors (Lipinski definition) is 1. The molecule has 1 unspecified atom stereocenters. The van der Waals surface area contributed by atoms with Gasteiger partial charge in [-0.15, -0.1) is 0 Å². The molecule has 0 aromatic carbocycles. The van der Waals surface area contributed by atoms with E-state index >= 15 is 0 Å². The van der Waals surface area contributed by atoms with Crippen molar-refractivity contribution in [3.63, 3.8) is 0 Å². The molecule has 1 rings (SSSR count). The minimum absolute atomic E-state index is 0.00558. The molecule has 1 atom stereocenters. The maximum atomic E-state index is 11.8. The van der Waals surface area contributed by atoms with E-state index in [1.165, 1.54) is 19.3 Å². The summed E-state index contributed by atoms with van der Waals surface area (Å²) in [5, 5.41) is 2.93. The van der Waals surface area contributed by atoms with E-state index in [2.05, 4.69) is 19.2 Å². The van der Waals surface area contributed by atoms with E-state index in [0.29, 0.717) is 6.42 Å². The average molecular weight is 333 g/mol. The van der Waals surface area contributed by atoms with Crippen molar-refractivity contribution in [3.8, 4) is 0 Å². The van der Waals surface area contributed by atoms with Crippen molar-refractivity contribution in [2.24, 2.45) is 5.92 Å². The van der Waals surface area contributed by atoms with E-state index in [1.807, 2.05) is 11.9 Å². The summed E-state index contributed by atoms with van der Waals surface area (Å²) in [6.45, 7) is 5.49. The van der Waals surface area contributed by atoms with Crippen LogP contribution in [-0.4, -0.2) is 56.9 Å². The summed E-state index contributed by atoms with van der Waals surface area (Å²) >= 11 is 0. The van der Waals surface area contributed by atoms with Crippen molar-refractivity contribution in [2.75, 3.05) is 31.6 Å². The number of likely N-dealkylation sites (N-methyl/N-ethyl adjacent to an activating group) is 1. The molecule has 1 saturated heterocycles. The third-order valence-corrected chi connectivity index (χ3v) is 6.01. The van der Waals surface area contributed by atoms with Crippen LogP contribution in [0.4, 0.5) is 0 Å². The fraction of sp³-hybridized carbons (Fsp3) is 0.938. The van der Waals surface area contributed by atoms with Gasteiger partial charge in [0.05, 0.1) is 18.1 Å². The number of carbonyl (C=O) groups is 1. The molecule has 1 heterocycles. The summed E-state index contributed by atoms with van der Waals surface area (Å²) < 4.78 is 22.9. The van der Waals surface area contributed by atoms with Gasteiger partial charge in [-0.05, 0) is 25.8 Å². The number of unbranched alkanes of at least 4 members (excludes halogenated alkanes) is 3. The van der Waals surface area contributed by atoms with E-state index in [9.17, 15) is 13.2 Å². The fourth-order valence-electron chi connectivity index (χ4n) is 2.79. The Bertz CT molecular complexity index is 435. The SMILES string of the molecule is CC(C)CCCCCCNC(=O)CN(C)C1CCS(=O)(=O)C1. The zero-order valence-electron chi connectivity index (χ0n) is 14.3. The van der Waals surface area contributed by atoms with Gasteiger partial charge < -0.3 is 5.32 Å². The Hall–Kier alpha value is -0.620. The molecule has 1 fully saturated rings. The first kappa shape index (κ1) is 19.4. The highest BCUT2D eigenvalue weighted by molar-refractivity contribution is 7.91. The van der Waals surface area contributed by atoms with Gasteiger partial charge in [-0.3, -0.25) is 9.69 Å². The van der Waals surface area contributed by atoms with Gasteiger partial charge >= 0.3 is 0 Å². The minimum atomic E-state index is -2.89. The van der Waals surface area contributed by atoms with Gasteiger partial charge in [-0.25, -0.2) is 8.42 Å². The molecule has 6 heteroatoms. The highest BCUT2D eigenvalue weighted by Gasteiger charge is 2.31. The Balaban J connectivity index is 2.06. The van der Waals surface area contributed by atoms with Crippen LogP contribution in [0.2, 0.25) is 0 Å². The highest BCUT2D eigenvalue weighted by Crippen LogP contribution is 2.16. The lowest BCUT2D eigenvalue weighted by atomic mass is 10.0. The van der Waals surface area contributed by atoms with E-state index in [0.717, 1.165) is 25.3 Å². The molecule has 0 radical (unpaired) electrons. The molecule has 0 aromatic rings. The van der Waals surface area contributed by atoms with E-state index in [-0.39, 0.29) is 30.0 Å². The van der Waals surface area contributed by atoms with Crippen molar-refractivity contribution in [1.82, 2.24) is 10.2 Å². The number of hydrogen-bond acceptors (Lipinski definition) is 4. The Labute approximate surface area is 135 Å². The van der Waals surface area contributed by atoms with Crippen LogP contribution >= 0.6 is 0 Å². The van der Waals surface area contributed by atoms with Crippen molar-refractivity contribution in [2.45, 2.75) is 58.4 Å². The van der Waals surface area contributed by atoms with Crippen LogP contribution < -0.4 is 5.32 Å². The van der Waals surface area contributed by atoms with Crippen LogP contribution in [-0.2, 0) is 14.6 Å². The lowest BCUT2D eigenvalue weighted by Crippen LogP contribution is -2.41. The molecule has 0 saturated carbocycles. The lowest BCUT2D eigenvalue weighted by molar-refractivity contribution is -0.122. The van der Waals surface area contributed by atoms with Crippen molar-refractivity contribution >= 4 is 15.7 Å². The molecule has 0 aromatic heterocycles. The Morgan fingerprint density at radius 2 is 1.91 bits per heavy atom. The summed E-state index contributed by atoms with van der Waals surface area (Å²) in [4.78, 5) is 13.7. The van der Waals surface area contributed by atoms with Gasteiger partial charge in [0.2, 0.25) is 5.91 Å². The van der Waals surface area contributed by atoms with Crippen LogP contribution in [0, 0.1) is 5.92 Å². The first-order chi connectivity index (χ1) is 10.3. The van der Waals surface area contributed by atoms with Gasteiger partial charge in [0.1, 0.15) is 0 Å². The first-order valence-corrected chi connectivity index (χ1v) is 10.3. The molecular weight excluding hydrogens is 300 g/mol. The van der Waals surface area contributed by atoms with Crippen molar-refractivity contribution in [1.29, 1.82) is 0 Å². The summed E-state index contributed by atoms with van der Waals surface area (Å²) in [5.41, 5.74) is 0. The van der Waals surface area contributed by atoms with Crippen LogP contribution in [0.5, 0.6) is 0 Å². The Morgan fingerprint density at radius 3 is 2.50 bits per heavy atom. The molecule has 1 N–H and O–H groups in total. The van der Waals surface area contributed by atoms with Gasteiger partial charge in [0.15, 0.2) is 9.84 Å². The second-order valence-electron chi connectivity index (χ2n) is 6.92. The normalized spacial score (nSPS) is 20.7. The molecule has 0 spiro atoms. The smallest absolute Gasteiger partial charge is 0.234 e. The van der Waals surface area contributed by atoms with E-state index < -0.39 is 9.84 Å². The van der Waals surface area contributed by atoms with Gasteiger partial charge in [-0.1, -0.05) is 39.5 Å². The summed E-state index contributed by atoms with van der Waals surface area (Å²) in [7, 11) is -1.06. The van der Waals surface area contributed by atoms with Crippen LogP contribution in [0.25, 0.3) is 0 Å². The Kier molecular flexibility index (Phi) is 8.39. The van der Waals surface area contributed by atoms with Crippen molar-refractivity contribution in [3.05, 3.63) is 0 Å². The molecule has 0 aliphatic carbocycles. The molecule has 5 nitrogen and oxygen atoms in total. The summed E-state index contributed by atoms with van der Waals surface area (Å²) in [5.74, 6) is 1.20. The monoisotopic (exact) mass is 332 g/mol. The maximum Gasteiger partial charge on any atom is 0.234 e. The first-order valence-electron chi connectivity index (χ1n) is 8.47. The molecule has 0 bridgehead atoms. The van der Waals surface area contributed by atoms with Gasteiger partial charge in [0.25, 0.3) is 0 Å². The topological polar surface area (TPSA) is 66.5 Å². The number of nitrogens with zero attached hydrogens (tertiary/aromatic N) is 1. The van der Waals surface area contributed by atoms with Gasteiger partial charge in [0, 0.05) is 12.6 Å². The number of nitrogens with one attached hydrogen (secondary N) is 1. The second kappa shape index (κ2) is 9.50. The number of rotatable bonds is 10. The zero-order chi connectivity index (χ0) is 16.6. The summed E-state index contributed by atoms with van der Waals surface area (Å²) in [6, 6.07) is -0.00761. The molecule has 1 aliphatic heterocycles. The fourth-order valence-corrected chi connectivity index (χ4v) is 4.60. The predicted molar refractivity (Wildman–Crippen MR) is 90.6 cm³/mol. The highest BCUT2D eigenvalue weighted by atomic mass is 32.2. The largest absolute Gasteiger partial charge is 0.355 e. The van der Waals surface area contributed by atoms with Crippen LogP contribution in [0.3, 0.4) is 0 Å². The quantitative estimate of drug-likeness (QED) is 0.620. The molecule has 130 valence electrons. The Morgan fingerprint density at radius 1 is 1.23 bits per heavy atom. The standard InChI is InChI=1S/C16H32N2O3S/c1-14(2)8-6-4-5-7-10-17-16(19)12-18(3)15-9-11-22(20,21)13-15/h14-15H,4-13H2,1-3H3,(H,17,19). The lowest BCUT2D eigenvalue weighted by Gasteiger charge is -2.22. The van der Waals surface area contributed by atoms with Crippen molar-refractivity contribution < 1.29 is 13.2 Å². The molecule has 22 heavy (non-hydrogen) atoms. The average Bonchev–Trinajstić information content (AvgIpc) is 2.77. The van der Waals surface area contributed by atoms with E-state index in [1.54, 1.807) is 0 Å². The van der Waals surface area contributed by atoms with E-state index in [4.69, 9.17) is 0 Å². The molecular formula is C16H32N2O3S. The predicted octanol–water partition coefficient (Wildman–Crippen LogP) is 1.83. The second-order valence-corrected chi connectivity index (χ2v) is 9.15. The number of amides is 1. The van der Waals surface area contributed by atoms with Gasteiger partial charge in [-0.2, -0.15) is 0 Å². The van der Waals surface area contributed by atoms with Crippen LogP contribution in [0.1, 0.15) is 52.4 Å². The zero-order valence-corrected chi connectivity index (χ0v) is 15.1. The van der Waals surface area contributed by atoms with Crippen LogP contribution in [0.15, 0.2) is 0 Å². The third kappa shape index (κ3) is 8.13. The number of carbonyl (C=O) groups excluding carboxylic acids is 1. The number of sulfone groups is 1. The molecule has 1 aliphatic rings. The third-order valence-electron chi connectivity index (χ3n) is 4.26.